The van der Waals surface area contributed by atoms with E-state index in [1.165, 1.54) is 12.1 Å². The summed E-state index contributed by atoms with van der Waals surface area (Å²) in [5, 5.41) is 0.463. The Morgan fingerprint density at radius 1 is 1.00 bits per heavy atom. The van der Waals surface area contributed by atoms with Gasteiger partial charge in [0.2, 0.25) is 0 Å². The SMILES string of the molecule is CS(=O)(=O)c1cccc(C(=O)c2cccc(Cl)c2)c1. The van der Waals surface area contributed by atoms with Crippen molar-refractivity contribution in [3.05, 3.63) is 64.7 Å². The number of benzene rings is 2. The first-order valence-electron chi connectivity index (χ1n) is 5.48. The Labute approximate surface area is 116 Å². The molecule has 3 nitrogen and oxygen atoms in total. The van der Waals surface area contributed by atoms with Crippen LogP contribution in [-0.4, -0.2) is 20.5 Å². The van der Waals surface area contributed by atoms with E-state index in [0.717, 1.165) is 6.26 Å². The second kappa shape index (κ2) is 5.15. The molecule has 0 unspecified atom stereocenters. The number of sulfone groups is 1. The van der Waals surface area contributed by atoms with Crippen LogP contribution in [-0.2, 0) is 9.84 Å². The summed E-state index contributed by atoms with van der Waals surface area (Å²) in [5.41, 5.74) is 0.753. The van der Waals surface area contributed by atoms with Crippen LogP contribution in [0.3, 0.4) is 0 Å². The minimum atomic E-state index is -3.33. The molecule has 0 amide bonds. The first-order chi connectivity index (χ1) is 8.88. The van der Waals surface area contributed by atoms with E-state index in [-0.39, 0.29) is 10.7 Å². The van der Waals surface area contributed by atoms with Crippen LogP contribution < -0.4 is 0 Å². The van der Waals surface area contributed by atoms with Gasteiger partial charge in [-0.1, -0.05) is 35.9 Å². The predicted molar refractivity (Wildman–Crippen MR) is 74.4 cm³/mol. The summed E-state index contributed by atoms with van der Waals surface area (Å²) < 4.78 is 22.9. The third kappa shape index (κ3) is 3.22. The molecular weight excluding hydrogens is 284 g/mol. The lowest BCUT2D eigenvalue weighted by Gasteiger charge is -2.04. The molecule has 0 heterocycles. The lowest BCUT2D eigenvalue weighted by atomic mass is 10.0. The molecule has 2 rings (SSSR count). The molecule has 2 aromatic carbocycles. The fourth-order valence-electron chi connectivity index (χ4n) is 1.66. The van der Waals surface area contributed by atoms with Crippen LogP contribution in [0.25, 0.3) is 0 Å². The van der Waals surface area contributed by atoms with Gasteiger partial charge >= 0.3 is 0 Å². The van der Waals surface area contributed by atoms with Gasteiger partial charge in [0.1, 0.15) is 0 Å². The van der Waals surface area contributed by atoms with E-state index >= 15 is 0 Å². The number of rotatable bonds is 3. The summed E-state index contributed by atoms with van der Waals surface area (Å²) in [6, 6.07) is 12.5. The highest BCUT2D eigenvalue weighted by atomic mass is 35.5. The second-order valence-electron chi connectivity index (χ2n) is 4.14. The van der Waals surface area contributed by atoms with E-state index in [1.807, 2.05) is 0 Å². The van der Waals surface area contributed by atoms with Crippen LogP contribution in [0.15, 0.2) is 53.4 Å². The molecule has 0 N–H and O–H groups in total. The van der Waals surface area contributed by atoms with Crippen molar-refractivity contribution in [3.63, 3.8) is 0 Å². The van der Waals surface area contributed by atoms with Crippen LogP contribution in [0.4, 0.5) is 0 Å². The number of carbonyl (C=O) groups excluding carboxylic acids is 1. The summed E-state index contributed by atoms with van der Waals surface area (Å²) in [5.74, 6) is -0.256. The summed E-state index contributed by atoms with van der Waals surface area (Å²) in [4.78, 5) is 12.3. The quantitative estimate of drug-likeness (QED) is 0.818. The second-order valence-corrected chi connectivity index (χ2v) is 6.59. The Kier molecular flexibility index (Phi) is 3.73. The fourth-order valence-corrected chi connectivity index (χ4v) is 2.52. The van der Waals surface area contributed by atoms with Gasteiger partial charge in [-0.25, -0.2) is 8.42 Å². The van der Waals surface area contributed by atoms with Crippen molar-refractivity contribution in [2.24, 2.45) is 0 Å². The summed E-state index contributed by atoms with van der Waals surface area (Å²) in [6.07, 6.45) is 1.11. The third-order valence-corrected chi connectivity index (χ3v) is 3.96. The van der Waals surface area contributed by atoms with Crippen LogP contribution in [0.2, 0.25) is 5.02 Å². The zero-order valence-corrected chi connectivity index (χ0v) is 11.7. The van der Waals surface area contributed by atoms with E-state index in [0.29, 0.717) is 16.1 Å². The van der Waals surface area contributed by atoms with Gasteiger partial charge in [0.05, 0.1) is 4.90 Å². The van der Waals surface area contributed by atoms with E-state index in [4.69, 9.17) is 11.6 Å². The zero-order valence-electron chi connectivity index (χ0n) is 10.1. The van der Waals surface area contributed by atoms with Crippen molar-refractivity contribution in [3.8, 4) is 0 Å². The van der Waals surface area contributed by atoms with Crippen LogP contribution in [0, 0.1) is 0 Å². The van der Waals surface area contributed by atoms with E-state index in [2.05, 4.69) is 0 Å². The molecule has 0 aromatic heterocycles. The third-order valence-electron chi connectivity index (χ3n) is 2.61. The van der Waals surface area contributed by atoms with Crippen LogP contribution in [0.5, 0.6) is 0 Å². The average Bonchev–Trinajstić information content (AvgIpc) is 2.37. The van der Waals surface area contributed by atoms with E-state index in [9.17, 15) is 13.2 Å². The molecule has 2 aromatic rings. The van der Waals surface area contributed by atoms with Gasteiger partial charge < -0.3 is 0 Å². The Balaban J connectivity index is 2.46. The summed E-state index contributed by atoms with van der Waals surface area (Å²) in [6.45, 7) is 0. The minimum absolute atomic E-state index is 0.125. The lowest BCUT2D eigenvalue weighted by Crippen LogP contribution is -2.04. The standard InChI is InChI=1S/C14H11ClO3S/c1-19(17,18)13-7-3-5-11(9-13)14(16)10-4-2-6-12(15)8-10/h2-9H,1H3. The number of hydrogen-bond donors (Lipinski definition) is 0. The van der Waals surface area contributed by atoms with Gasteiger partial charge in [-0.3, -0.25) is 4.79 Å². The smallest absolute Gasteiger partial charge is 0.193 e. The number of ketones is 1. The van der Waals surface area contributed by atoms with Crippen molar-refractivity contribution >= 4 is 27.2 Å². The first kappa shape index (κ1) is 13.8. The van der Waals surface area contributed by atoms with Gasteiger partial charge in [-0.05, 0) is 24.3 Å². The number of carbonyl (C=O) groups is 1. The fraction of sp³-hybridized carbons (Fsp3) is 0.0714. The van der Waals surface area contributed by atoms with Crippen molar-refractivity contribution in [2.45, 2.75) is 4.90 Å². The van der Waals surface area contributed by atoms with Crippen LogP contribution in [0.1, 0.15) is 15.9 Å². The van der Waals surface area contributed by atoms with Gasteiger partial charge in [0, 0.05) is 22.4 Å². The predicted octanol–water partition coefficient (Wildman–Crippen LogP) is 2.97. The lowest BCUT2D eigenvalue weighted by molar-refractivity contribution is 0.103. The van der Waals surface area contributed by atoms with Gasteiger partial charge in [0.15, 0.2) is 15.6 Å². The maximum Gasteiger partial charge on any atom is 0.193 e. The molecule has 0 radical (unpaired) electrons. The molecule has 0 aliphatic carbocycles. The monoisotopic (exact) mass is 294 g/mol. The molecular formula is C14H11ClO3S. The molecule has 0 aliphatic rings. The van der Waals surface area contributed by atoms with Crippen molar-refractivity contribution in [1.29, 1.82) is 0 Å². The van der Waals surface area contributed by atoms with E-state index < -0.39 is 9.84 Å². The van der Waals surface area contributed by atoms with Gasteiger partial charge in [0.25, 0.3) is 0 Å². The molecule has 0 aliphatic heterocycles. The molecule has 0 saturated heterocycles. The maximum atomic E-state index is 12.2. The summed E-state index contributed by atoms with van der Waals surface area (Å²) >= 11 is 5.83. The molecule has 19 heavy (non-hydrogen) atoms. The first-order valence-corrected chi connectivity index (χ1v) is 7.75. The molecule has 0 saturated carbocycles. The highest BCUT2D eigenvalue weighted by Gasteiger charge is 2.13. The maximum absolute atomic E-state index is 12.2. The normalized spacial score (nSPS) is 11.3. The Morgan fingerprint density at radius 3 is 2.16 bits per heavy atom. The molecule has 98 valence electrons. The number of halogens is 1. The number of hydrogen-bond acceptors (Lipinski definition) is 3. The van der Waals surface area contributed by atoms with Gasteiger partial charge in [-0.2, -0.15) is 0 Å². The Morgan fingerprint density at radius 2 is 1.58 bits per heavy atom. The Bertz CT molecular complexity index is 736. The van der Waals surface area contributed by atoms with Gasteiger partial charge in [-0.15, -0.1) is 0 Å². The molecule has 0 spiro atoms. The van der Waals surface area contributed by atoms with E-state index in [1.54, 1.807) is 36.4 Å². The molecule has 0 bridgehead atoms. The van der Waals surface area contributed by atoms with Crippen molar-refractivity contribution in [2.75, 3.05) is 6.26 Å². The van der Waals surface area contributed by atoms with Crippen molar-refractivity contribution in [1.82, 2.24) is 0 Å². The zero-order chi connectivity index (χ0) is 14.0. The van der Waals surface area contributed by atoms with Crippen molar-refractivity contribution < 1.29 is 13.2 Å². The molecule has 5 heteroatoms. The topological polar surface area (TPSA) is 51.2 Å². The minimum Gasteiger partial charge on any atom is -0.289 e. The molecule has 0 fully saturated rings. The Hall–Kier alpha value is -1.65. The largest absolute Gasteiger partial charge is 0.289 e. The highest BCUT2D eigenvalue weighted by Crippen LogP contribution is 2.17. The molecule has 0 atom stereocenters. The average molecular weight is 295 g/mol. The summed E-state index contributed by atoms with van der Waals surface area (Å²) in [7, 11) is -3.33. The highest BCUT2D eigenvalue weighted by molar-refractivity contribution is 7.90. The van der Waals surface area contributed by atoms with Crippen LogP contribution >= 0.6 is 11.6 Å².